The summed E-state index contributed by atoms with van der Waals surface area (Å²) in [6.45, 7) is 4.49. The van der Waals surface area contributed by atoms with E-state index in [-0.39, 0.29) is 17.4 Å². The van der Waals surface area contributed by atoms with E-state index in [1.165, 1.54) is 5.69 Å². The van der Waals surface area contributed by atoms with Gasteiger partial charge in [-0.15, -0.1) is 0 Å². The van der Waals surface area contributed by atoms with Crippen LogP contribution in [0.3, 0.4) is 0 Å². The Labute approximate surface area is 165 Å². The second kappa shape index (κ2) is 7.54. The molecule has 2 aromatic heterocycles. The zero-order chi connectivity index (χ0) is 19.6. The van der Waals surface area contributed by atoms with E-state index in [9.17, 15) is 4.79 Å². The van der Waals surface area contributed by atoms with Crippen molar-refractivity contribution >= 4 is 5.91 Å². The van der Waals surface area contributed by atoms with E-state index < -0.39 is 0 Å². The second-order valence-electron chi connectivity index (χ2n) is 8.16. The number of hydrogen-bond donors (Lipinski definition) is 1. The van der Waals surface area contributed by atoms with Gasteiger partial charge in [0.25, 0.3) is 0 Å². The van der Waals surface area contributed by atoms with Crippen molar-refractivity contribution in [2.45, 2.75) is 45.6 Å². The molecule has 1 N–H and O–H groups in total. The summed E-state index contributed by atoms with van der Waals surface area (Å²) in [7, 11) is 0. The van der Waals surface area contributed by atoms with Crippen LogP contribution in [-0.4, -0.2) is 25.7 Å². The van der Waals surface area contributed by atoms with Crippen LogP contribution in [0.25, 0.3) is 5.69 Å². The first kappa shape index (κ1) is 18.3. The van der Waals surface area contributed by atoms with Gasteiger partial charge in [-0.2, -0.15) is 5.10 Å². The maximum absolute atomic E-state index is 12.6. The maximum atomic E-state index is 12.6. The lowest BCUT2D eigenvalue weighted by Crippen LogP contribution is -2.36. The maximum Gasteiger partial charge on any atom is 0.220 e. The van der Waals surface area contributed by atoms with Gasteiger partial charge in [-0.3, -0.25) is 14.8 Å². The highest BCUT2D eigenvalue weighted by molar-refractivity contribution is 5.76. The van der Waals surface area contributed by atoms with Crippen LogP contribution in [0.2, 0.25) is 0 Å². The van der Waals surface area contributed by atoms with Crippen LogP contribution in [0, 0.1) is 5.41 Å². The summed E-state index contributed by atoms with van der Waals surface area (Å²) in [5, 5.41) is 7.86. The Morgan fingerprint density at radius 2 is 2.04 bits per heavy atom. The number of carbonyl (C=O) groups is 1. The van der Waals surface area contributed by atoms with E-state index in [0.717, 1.165) is 29.8 Å². The molecule has 1 amide bonds. The third kappa shape index (κ3) is 3.96. The third-order valence-corrected chi connectivity index (χ3v) is 5.24. The number of nitrogens with one attached hydrogen (secondary N) is 1. The minimum Gasteiger partial charge on any atom is -0.349 e. The van der Waals surface area contributed by atoms with Crippen molar-refractivity contribution in [2.75, 3.05) is 0 Å². The number of carbonyl (C=O) groups excluding carboxylic acids is 1. The average molecular weight is 375 g/mol. The molecule has 0 spiro atoms. The molecule has 0 saturated carbocycles. The molecule has 1 aromatic carbocycles. The number of aryl methyl sites for hydroxylation is 1. The van der Waals surface area contributed by atoms with Crippen LogP contribution >= 0.6 is 0 Å². The number of nitrogens with zero attached hydrogens (tertiary/aromatic N) is 4. The average Bonchev–Trinajstić information content (AvgIpc) is 3.10. The molecule has 3 aromatic rings. The lowest BCUT2D eigenvalue weighted by molar-refractivity contribution is -0.122. The van der Waals surface area contributed by atoms with Crippen LogP contribution in [0.1, 0.15) is 49.7 Å². The zero-order valence-electron chi connectivity index (χ0n) is 16.3. The number of benzene rings is 1. The van der Waals surface area contributed by atoms with E-state index in [1.54, 1.807) is 18.6 Å². The number of aromatic nitrogens is 4. The van der Waals surface area contributed by atoms with E-state index in [1.807, 2.05) is 29.1 Å². The second-order valence-corrected chi connectivity index (χ2v) is 8.16. The van der Waals surface area contributed by atoms with Gasteiger partial charge in [0.05, 0.1) is 29.3 Å². The van der Waals surface area contributed by atoms with Gasteiger partial charge < -0.3 is 5.32 Å². The molecule has 1 unspecified atom stereocenters. The molecule has 0 fully saturated rings. The van der Waals surface area contributed by atoms with Gasteiger partial charge in [-0.05, 0) is 36.8 Å². The molecule has 0 saturated heterocycles. The number of hydrogen-bond acceptors (Lipinski definition) is 4. The summed E-state index contributed by atoms with van der Waals surface area (Å²) in [5.41, 5.74) is 4.27. The van der Waals surface area contributed by atoms with E-state index in [2.05, 4.69) is 46.4 Å². The molecular formula is C22H25N5O. The van der Waals surface area contributed by atoms with Gasteiger partial charge in [-0.1, -0.05) is 32.0 Å². The van der Waals surface area contributed by atoms with Crippen molar-refractivity contribution in [1.29, 1.82) is 0 Å². The van der Waals surface area contributed by atoms with Gasteiger partial charge in [0.1, 0.15) is 0 Å². The third-order valence-electron chi connectivity index (χ3n) is 5.24. The fraction of sp³-hybridized carbons (Fsp3) is 0.364. The molecule has 1 atom stereocenters. The van der Waals surface area contributed by atoms with Gasteiger partial charge in [-0.25, -0.2) is 4.68 Å². The SMILES string of the molecule is CC1(C)Cc2c(cnn2-c2ccccc2)C(NC(=O)CCc2cnccn2)C1. The summed E-state index contributed by atoms with van der Waals surface area (Å²) in [6, 6.07) is 10.1. The van der Waals surface area contributed by atoms with Crippen LogP contribution in [0.4, 0.5) is 0 Å². The van der Waals surface area contributed by atoms with Crippen molar-refractivity contribution in [3.8, 4) is 5.69 Å². The predicted octanol–water partition coefficient (Wildman–Crippen LogP) is 3.42. The number of rotatable bonds is 5. The molecule has 2 heterocycles. The molecule has 0 radical (unpaired) electrons. The van der Waals surface area contributed by atoms with E-state index in [0.29, 0.717) is 12.8 Å². The lowest BCUT2D eigenvalue weighted by atomic mass is 9.74. The highest BCUT2D eigenvalue weighted by Crippen LogP contribution is 2.41. The Bertz CT molecular complexity index is 950. The van der Waals surface area contributed by atoms with Gasteiger partial charge >= 0.3 is 0 Å². The summed E-state index contributed by atoms with van der Waals surface area (Å²) >= 11 is 0. The zero-order valence-corrected chi connectivity index (χ0v) is 16.3. The number of amides is 1. The van der Waals surface area contributed by atoms with E-state index in [4.69, 9.17) is 0 Å². The first-order valence-corrected chi connectivity index (χ1v) is 9.68. The highest BCUT2D eigenvalue weighted by atomic mass is 16.1. The molecule has 6 heteroatoms. The fourth-order valence-electron chi connectivity index (χ4n) is 3.93. The van der Waals surface area contributed by atoms with Crippen molar-refractivity contribution in [3.63, 3.8) is 0 Å². The van der Waals surface area contributed by atoms with Gasteiger partial charge in [0.2, 0.25) is 5.91 Å². The minimum absolute atomic E-state index is 0.0226. The van der Waals surface area contributed by atoms with Crippen LogP contribution < -0.4 is 5.32 Å². The predicted molar refractivity (Wildman–Crippen MR) is 107 cm³/mol. The molecule has 144 valence electrons. The first-order chi connectivity index (χ1) is 13.5. The smallest absolute Gasteiger partial charge is 0.220 e. The number of fused-ring (bicyclic) bond motifs is 1. The van der Waals surface area contributed by atoms with Crippen LogP contribution in [-0.2, 0) is 17.6 Å². The van der Waals surface area contributed by atoms with Crippen molar-refractivity contribution in [3.05, 3.63) is 72.1 Å². The first-order valence-electron chi connectivity index (χ1n) is 9.68. The Morgan fingerprint density at radius 1 is 1.21 bits per heavy atom. The highest BCUT2D eigenvalue weighted by Gasteiger charge is 2.35. The molecule has 6 nitrogen and oxygen atoms in total. The Balaban J connectivity index is 1.52. The Hall–Kier alpha value is -3.02. The molecular weight excluding hydrogens is 350 g/mol. The standard InChI is InChI=1S/C22H25N5O/c1-22(2)12-19(26-21(28)9-8-16-14-23-10-11-24-16)18-15-25-27(20(18)13-22)17-6-4-3-5-7-17/h3-7,10-11,14-15,19H,8-9,12-13H2,1-2H3,(H,26,28). The Kier molecular flexibility index (Phi) is 4.94. The molecule has 4 rings (SSSR count). The number of para-hydroxylation sites is 1. The van der Waals surface area contributed by atoms with Crippen LogP contribution in [0.15, 0.2) is 55.1 Å². The van der Waals surface area contributed by atoms with Gasteiger partial charge in [0.15, 0.2) is 0 Å². The normalized spacial score (nSPS) is 17.7. The molecule has 1 aliphatic rings. The van der Waals surface area contributed by atoms with Crippen LogP contribution in [0.5, 0.6) is 0 Å². The van der Waals surface area contributed by atoms with Crippen molar-refractivity contribution < 1.29 is 4.79 Å². The lowest BCUT2D eigenvalue weighted by Gasteiger charge is -2.36. The summed E-state index contributed by atoms with van der Waals surface area (Å²) < 4.78 is 2.01. The minimum atomic E-state index is -0.0226. The Morgan fingerprint density at radius 3 is 2.79 bits per heavy atom. The largest absolute Gasteiger partial charge is 0.349 e. The molecule has 28 heavy (non-hydrogen) atoms. The molecule has 1 aliphatic carbocycles. The van der Waals surface area contributed by atoms with Crippen molar-refractivity contribution in [1.82, 2.24) is 25.1 Å². The summed E-state index contributed by atoms with van der Waals surface area (Å²) in [4.78, 5) is 20.9. The summed E-state index contributed by atoms with van der Waals surface area (Å²) in [5.74, 6) is 0.0340. The van der Waals surface area contributed by atoms with Crippen molar-refractivity contribution in [2.24, 2.45) is 5.41 Å². The fourth-order valence-corrected chi connectivity index (χ4v) is 3.93. The van der Waals surface area contributed by atoms with E-state index >= 15 is 0 Å². The summed E-state index contributed by atoms with van der Waals surface area (Å²) in [6.07, 6.45) is 9.73. The quantitative estimate of drug-likeness (QED) is 0.742. The van der Waals surface area contributed by atoms with Gasteiger partial charge in [0, 0.05) is 30.6 Å². The monoisotopic (exact) mass is 375 g/mol. The molecule has 0 bridgehead atoms. The molecule has 0 aliphatic heterocycles. The topological polar surface area (TPSA) is 72.7 Å².